The zero-order valence-electron chi connectivity index (χ0n) is 17.5. The number of ether oxygens (including phenoxy) is 1. The summed E-state index contributed by atoms with van der Waals surface area (Å²) < 4.78 is 6.07. The van der Waals surface area contributed by atoms with Gasteiger partial charge in [-0.2, -0.15) is 0 Å². The summed E-state index contributed by atoms with van der Waals surface area (Å²) in [5.74, 6) is 2.45. The maximum atomic E-state index is 6.07. The largest absolute Gasteiger partial charge is 0.490 e. The highest BCUT2D eigenvalue weighted by molar-refractivity contribution is 5.74. The molecular formula is C27H30O. The van der Waals surface area contributed by atoms with Crippen molar-refractivity contribution in [1.82, 2.24) is 0 Å². The predicted octanol–water partition coefficient (Wildman–Crippen LogP) is 7.22. The van der Waals surface area contributed by atoms with Crippen LogP contribution in [0, 0.1) is 32.6 Å². The first-order valence-corrected chi connectivity index (χ1v) is 10.3. The van der Waals surface area contributed by atoms with Crippen molar-refractivity contribution in [2.24, 2.45) is 11.8 Å². The van der Waals surface area contributed by atoms with Gasteiger partial charge in [0.1, 0.15) is 12.4 Å². The number of rotatable bonds is 5. The molecule has 2 atom stereocenters. The minimum Gasteiger partial charge on any atom is -0.490 e. The molecule has 2 aromatic carbocycles. The van der Waals surface area contributed by atoms with E-state index in [1.165, 1.54) is 57.4 Å². The highest BCUT2D eigenvalue weighted by Crippen LogP contribution is 2.57. The molecule has 0 N–H and O–H groups in total. The zero-order chi connectivity index (χ0) is 19.8. The van der Waals surface area contributed by atoms with Crippen molar-refractivity contribution in [3.8, 4) is 11.1 Å². The SMILES string of the molecule is C=C(/C=C1/C[C@H]2C[C@H]2/C1=C/C)OCc1cccc(-c2c(C)cccc2C)c1C. The third-order valence-electron chi connectivity index (χ3n) is 6.43. The Morgan fingerprint density at radius 1 is 1.11 bits per heavy atom. The van der Waals surface area contributed by atoms with Gasteiger partial charge in [0.25, 0.3) is 0 Å². The van der Waals surface area contributed by atoms with Crippen molar-refractivity contribution >= 4 is 0 Å². The van der Waals surface area contributed by atoms with Crippen molar-refractivity contribution in [1.29, 1.82) is 0 Å². The van der Waals surface area contributed by atoms with E-state index in [1.54, 1.807) is 0 Å². The highest BCUT2D eigenvalue weighted by Gasteiger charge is 2.46. The van der Waals surface area contributed by atoms with Crippen LogP contribution >= 0.6 is 0 Å². The Balaban J connectivity index is 1.51. The van der Waals surface area contributed by atoms with Gasteiger partial charge in [-0.3, -0.25) is 0 Å². The molecule has 2 saturated carbocycles. The fourth-order valence-corrected chi connectivity index (χ4v) is 4.79. The van der Waals surface area contributed by atoms with Crippen molar-refractivity contribution in [2.45, 2.75) is 47.1 Å². The van der Waals surface area contributed by atoms with Crippen LogP contribution in [0.1, 0.15) is 42.0 Å². The van der Waals surface area contributed by atoms with Gasteiger partial charge in [0, 0.05) is 0 Å². The van der Waals surface area contributed by atoms with E-state index in [1.807, 2.05) is 0 Å². The van der Waals surface area contributed by atoms with Crippen molar-refractivity contribution in [3.05, 3.63) is 94.3 Å². The van der Waals surface area contributed by atoms with Crippen LogP contribution in [0.5, 0.6) is 0 Å². The predicted molar refractivity (Wildman–Crippen MR) is 118 cm³/mol. The van der Waals surface area contributed by atoms with Gasteiger partial charge >= 0.3 is 0 Å². The third kappa shape index (κ3) is 3.46. The maximum Gasteiger partial charge on any atom is 0.114 e. The Hall–Kier alpha value is -2.54. The van der Waals surface area contributed by atoms with Crippen LogP contribution in [0.4, 0.5) is 0 Å². The monoisotopic (exact) mass is 370 g/mol. The van der Waals surface area contributed by atoms with Gasteiger partial charge in [-0.25, -0.2) is 0 Å². The van der Waals surface area contributed by atoms with Gasteiger partial charge in [0.2, 0.25) is 0 Å². The molecule has 2 aliphatic carbocycles. The molecule has 2 aliphatic rings. The van der Waals surface area contributed by atoms with E-state index in [2.05, 4.69) is 82.8 Å². The Labute approximate surface area is 169 Å². The normalized spacial score (nSPS) is 23.1. The molecule has 2 aromatic rings. The van der Waals surface area contributed by atoms with E-state index in [9.17, 15) is 0 Å². The summed E-state index contributed by atoms with van der Waals surface area (Å²) in [4.78, 5) is 0. The molecule has 0 saturated heterocycles. The lowest BCUT2D eigenvalue weighted by Gasteiger charge is -2.16. The minimum absolute atomic E-state index is 0.561. The van der Waals surface area contributed by atoms with Gasteiger partial charge in [0.05, 0.1) is 0 Å². The summed E-state index contributed by atoms with van der Waals surface area (Å²) in [5.41, 5.74) is 10.7. The second-order valence-corrected chi connectivity index (χ2v) is 8.33. The van der Waals surface area contributed by atoms with Gasteiger partial charge in [-0.05, 0) is 103 Å². The van der Waals surface area contributed by atoms with Crippen molar-refractivity contribution in [2.75, 3.05) is 0 Å². The number of hydrogen-bond donors (Lipinski definition) is 0. The van der Waals surface area contributed by atoms with Crippen LogP contribution in [-0.2, 0) is 11.3 Å². The second kappa shape index (κ2) is 7.47. The second-order valence-electron chi connectivity index (χ2n) is 8.33. The average molecular weight is 371 g/mol. The zero-order valence-corrected chi connectivity index (χ0v) is 17.5. The summed E-state index contributed by atoms with van der Waals surface area (Å²) >= 11 is 0. The number of hydrogen-bond acceptors (Lipinski definition) is 1. The lowest BCUT2D eigenvalue weighted by Crippen LogP contribution is -1.98. The van der Waals surface area contributed by atoms with Crippen molar-refractivity contribution in [3.63, 3.8) is 0 Å². The van der Waals surface area contributed by atoms with E-state index in [4.69, 9.17) is 4.74 Å². The van der Waals surface area contributed by atoms with E-state index >= 15 is 0 Å². The Morgan fingerprint density at radius 2 is 1.82 bits per heavy atom. The molecule has 0 bridgehead atoms. The molecule has 0 unspecified atom stereocenters. The van der Waals surface area contributed by atoms with Crippen LogP contribution in [-0.4, -0.2) is 0 Å². The quantitative estimate of drug-likeness (QED) is 0.505. The molecule has 0 spiro atoms. The fraction of sp³-hybridized carbons (Fsp3) is 0.333. The van der Waals surface area contributed by atoms with Gasteiger partial charge < -0.3 is 4.74 Å². The molecule has 144 valence electrons. The van der Waals surface area contributed by atoms with E-state index in [0.717, 1.165) is 17.6 Å². The molecule has 0 aliphatic heterocycles. The van der Waals surface area contributed by atoms with Gasteiger partial charge in [-0.1, -0.05) is 49.1 Å². The van der Waals surface area contributed by atoms with Crippen LogP contribution in [0.2, 0.25) is 0 Å². The molecule has 0 aromatic heterocycles. The third-order valence-corrected chi connectivity index (χ3v) is 6.43. The number of fused-ring (bicyclic) bond motifs is 1. The summed E-state index contributed by atoms with van der Waals surface area (Å²) in [6.45, 7) is 13.4. The fourth-order valence-electron chi connectivity index (χ4n) is 4.79. The lowest BCUT2D eigenvalue weighted by molar-refractivity contribution is 0.212. The maximum absolute atomic E-state index is 6.07. The van der Waals surface area contributed by atoms with Crippen molar-refractivity contribution < 1.29 is 4.74 Å². The smallest absolute Gasteiger partial charge is 0.114 e. The summed E-state index contributed by atoms with van der Waals surface area (Å²) in [7, 11) is 0. The van der Waals surface area contributed by atoms with E-state index < -0.39 is 0 Å². The Bertz CT molecular complexity index is 969. The Kier molecular flexibility index (Phi) is 5.02. The van der Waals surface area contributed by atoms with Gasteiger partial charge in [-0.15, -0.1) is 0 Å². The topological polar surface area (TPSA) is 9.23 Å². The number of benzene rings is 2. The van der Waals surface area contributed by atoms with Gasteiger partial charge in [0.15, 0.2) is 0 Å². The molecule has 1 heteroatoms. The summed E-state index contributed by atoms with van der Waals surface area (Å²) in [6.07, 6.45) is 6.99. The van der Waals surface area contributed by atoms with E-state index in [0.29, 0.717) is 6.61 Å². The standard InChI is InChI=1S/C27H30O/c1-6-24-22(14-23-15-26(23)24)13-19(4)28-16-21-11-8-12-25(20(21)5)27-17(2)9-7-10-18(27)3/h6-13,23,26H,4,14-16H2,1-3,5H3/b22-13-,24-6+/t23-,26+/m0/s1. The molecular weight excluding hydrogens is 340 g/mol. The summed E-state index contributed by atoms with van der Waals surface area (Å²) in [6, 6.07) is 13.0. The first-order chi connectivity index (χ1) is 13.5. The highest BCUT2D eigenvalue weighted by atomic mass is 16.5. The first kappa shape index (κ1) is 18.8. The minimum atomic E-state index is 0.561. The Morgan fingerprint density at radius 3 is 2.54 bits per heavy atom. The van der Waals surface area contributed by atoms with Crippen LogP contribution < -0.4 is 0 Å². The molecule has 0 heterocycles. The van der Waals surface area contributed by atoms with Crippen LogP contribution in [0.25, 0.3) is 11.1 Å². The number of allylic oxidation sites excluding steroid dienone is 4. The lowest BCUT2D eigenvalue weighted by atomic mass is 9.91. The molecule has 0 radical (unpaired) electrons. The summed E-state index contributed by atoms with van der Waals surface area (Å²) in [5, 5.41) is 0. The average Bonchev–Trinajstić information content (AvgIpc) is 3.33. The van der Waals surface area contributed by atoms with Crippen LogP contribution in [0.15, 0.2) is 72.0 Å². The number of aryl methyl sites for hydroxylation is 2. The van der Waals surface area contributed by atoms with E-state index in [-0.39, 0.29) is 0 Å². The molecule has 1 nitrogen and oxygen atoms in total. The first-order valence-electron chi connectivity index (χ1n) is 10.3. The molecule has 28 heavy (non-hydrogen) atoms. The molecule has 0 amide bonds. The molecule has 4 rings (SSSR count). The molecule has 2 fully saturated rings. The van der Waals surface area contributed by atoms with Crippen LogP contribution in [0.3, 0.4) is 0 Å².